The number of nitrogens with one attached hydrogen (secondary N) is 1. The summed E-state index contributed by atoms with van der Waals surface area (Å²) in [5, 5.41) is 3.71. The molecule has 0 fully saturated rings. The molecule has 0 aliphatic heterocycles. The van der Waals surface area contributed by atoms with Crippen LogP contribution in [0.5, 0.6) is 17.2 Å². The van der Waals surface area contributed by atoms with E-state index in [0.29, 0.717) is 42.1 Å². The highest BCUT2D eigenvalue weighted by Gasteiger charge is 2.06. The highest BCUT2D eigenvalue weighted by atomic mass is 35.5. The Labute approximate surface area is 158 Å². The van der Waals surface area contributed by atoms with Gasteiger partial charge in [-0.25, -0.2) is 0 Å². The zero-order valence-corrected chi connectivity index (χ0v) is 16.0. The van der Waals surface area contributed by atoms with Crippen molar-refractivity contribution in [3.05, 3.63) is 47.0 Å². The molecule has 6 nitrogen and oxygen atoms in total. The summed E-state index contributed by atoms with van der Waals surface area (Å²) in [6, 6.07) is 11.0. The predicted octanol–water partition coefficient (Wildman–Crippen LogP) is 3.73. The minimum absolute atomic E-state index is 0.317. The van der Waals surface area contributed by atoms with Crippen molar-refractivity contribution in [1.82, 2.24) is 0 Å². The van der Waals surface area contributed by atoms with Gasteiger partial charge in [-0.15, -0.1) is 0 Å². The fourth-order valence-electron chi connectivity index (χ4n) is 2.44. The number of benzene rings is 2. The molecule has 0 bridgehead atoms. The van der Waals surface area contributed by atoms with Crippen molar-refractivity contribution in [3.8, 4) is 17.2 Å². The van der Waals surface area contributed by atoms with Crippen molar-refractivity contribution >= 4 is 23.2 Å². The van der Waals surface area contributed by atoms with Gasteiger partial charge < -0.3 is 25.3 Å². The largest absolute Gasteiger partial charge is 0.494 e. The molecule has 0 spiro atoms. The van der Waals surface area contributed by atoms with E-state index in [0.717, 1.165) is 17.0 Å². The molecule has 2 aromatic rings. The van der Waals surface area contributed by atoms with Gasteiger partial charge in [-0.05, 0) is 49.2 Å². The molecular formula is C19H24ClN3O3. The molecule has 2 rings (SSSR count). The number of ether oxygens (including phenoxy) is 3. The number of hydrogen-bond acceptors (Lipinski definition) is 4. The number of hydrogen-bond donors (Lipinski definition) is 2. The van der Waals surface area contributed by atoms with Gasteiger partial charge in [0.05, 0.1) is 20.8 Å². The first-order valence-corrected chi connectivity index (χ1v) is 8.65. The maximum Gasteiger partial charge on any atom is 0.193 e. The number of aliphatic imine (C=N–C) groups is 1. The van der Waals surface area contributed by atoms with Crippen LogP contribution in [-0.2, 0) is 6.42 Å². The van der Waals surface area contributed by atoms with Crippen LogP contribution in [-0.4, -0.2) is 33.3 Å². The number of anilines is 1. The van der Waals surface area contributed by atoms with Gasteiger partial charge in [0.15, 0.2) is 17.5 Å². The highest BCUT2D eigenvalue weighted by molar-refractivity contribution is 6.30. The minimum Gasteiger partial charge on any atom is -0.494 e. The second-order valence-corrected chi connectivity index (χ2v) is 5.83. The topological polar surface area (TPSA) is 78.1 Å². The monoisotopic (exact) mass is 377 g/mol. The lowest BCUT2D eigenvalue weighted by Crippen LogP contribution is -2.23. The van der Waals surface area contributed by atoms with Crippen molar-refractivity contribution in [3.63, 3.8) is 0 Å². The lowest BCUT2D eigenvalue weighted by molar-refractivity contribution is 0.336. The molecule has 7 heteroatoms. The highest BCUT2D eigenvalue weighted by Crippen LogP contribution is 2.29. The molecule has 0 aliphatic rings. The Balaban J connectivity index is 2.00. The molecule has 0 aromatic heterocycles. The average molecular weight is 378 g/mol. The standard InChI is InChI=1S/C19H24ClN3O3/c1-4-26-16-7-5-14(20)11-13(16)9-10-22-19(21)23-15-6-8-17(24-2)18(12-15)25-3/h5-8,11-12H,4,9-10H2,1-3H3,(H3,21,22,23). The first-order valence-electron chi connectivity index (χ1n) is 8.27. The molecule has 0 aliphatic carbocycles. The fourth-order valence-corrected chi connectivity index (χ4v) is 2.63. The summed E-state index contributed by atoms with van der Waals surface area (Å²) in [6.07, 6.45) is 0.671. The molecule has 26 heavy (non-hydrogen) atoms. The zero-order valence-electron chi connectivity index (χ0n) is 15.2. The van der Waals surface area contributed by atoms with Gasteiger partial charge in [-0.3, -0.25) is 4.99 Å². The maximum absolute atomic E-state index is 6.07. The second-order valence-electron chi connectivity index (χ2n) is 5.40. The molecule has 0 heterocycles. The van der Waals surface area contributed by atoms with Crippen molar-refractivity contribution in [2.24, 2.45) is 10.7 Å². The summed E-state index contributed by atoms with van der Waals surface area (Å²) >= 11 is 6.07. The van der Waals surface area contributed by atoms with Crippen molar-refractivity contribution < 1.29 is 14.2 Å². The Morgan fingerprint density at radius 1 is 1.08 bits per heavy atom. The molecule has 0 radical (unpaired) electrons. The molecule has 0 saturated carbocycles. The van der Waals surface area contributed by atoms with Gasteiger partial charge in [0.25, 0.3) is 0 Å². The molecule has 140 valence electrons. The number of methoxy groups -OCH3 is 2. The zero-order chi connectivity index (χ0) is 18.9. The lowest BCUT2D eigenvalue weighted by atomic mass is 10.1. The Morgan fingerprint density at radius 3 is 2.50 bits per heavy atom. The van der Waals surface area contributed by atoms with E-state index in [-0.39, 0.29) is 0 Å². The van der Waals surface area contributed by atoms with Gasteiger partial charge in [0.2, 0.25) is 0 Å². The normalized spacial score (nSPS) is 11.2. The van der Waals surface area contributed by atoms with Crippen molar-refractivity contribution in [2.45, 2.75) is 13.3 Å². The van der Waals surface area contributed by atoms with E-state index in [9.17, 15) is 0 Å². The molecule has 0 saturated heterocycles. The first kappa shape index (κ1) is 19.7. The average Bonchev–Trinajstić information content (AvgIpc) is 2.63. The van der Waals surface area contributed by atoms with Gasteiger partial charge in [0, 0.05) is 23.3 Å². The van der Waals surface area contributed by atoms with E-state index in [4.69, 9.17) is 31.5 Å². The predicted molar refractivity (Wildman–Crippen MR) is 106 cm³/mol. The van der Waals surface area contributed by atoms with Crippen LogP contribution in [0.4, 0.5) is 5.69 Å². The van der Waals surface area contributed by atoms with E-state index in [1.54, 1.807) is 26.4 Å². The van der Waals surface area contributed by atoms with Crippen LogP contribution in [0.2, 0.25) is 5.02 Å². The molecule has 0 unspecified atom stereocenters. The number of rotatable bonds is 8. The molecule has 2 aromatic carbocycles. The van der Waals surface area contributed by atoms with Crippen LogP contribution in [0.15, 0.2) is 41.4 Å². The summed E-state index contributed by atoms with van der Waals surface area (Å²) in [5.74, 6) is 2.40. The van der Waals surface area contributed by atoms with Crippen LogP contribution in [0.25, 0.3) is 0 Å². The van der Waals surface area contributed by atoms with Gasteiger partial charge in [0.1, 0.15) is 5.75 Å². The van der Waals surface area contributed by atoms with Crippen LogP contribution in [0, 0.1) is 0 Å². The third kappa shape index (κ3) is 5.46. The Bertz CT molecular complexity index is 766. The van der Waals surface area contributed by atoms with E-state index in [2.05, 4.69) is 10.3 Å². The third-order valence-electron chi connectivity index (χ3n) is 3.64. The van der Waals surface area contributed by atoms with Gasteiger partial charge in [-0.1, -0.05) is 11.6 Å². The number of nitrogens with zero attached hydrogens (tertiary/aromatic N) is 1. The van der Waals surface area contributed by atoms with Crippen LogP contribution >= 0.6 is 11.6 Å². The van der Waals surface area contributed by atoms with E-state index in [1.807, 2.05) is 31.2 Å². The lowest BCUT2D eigenvalue weighted by Gasteiger charge is -2.11. The van der Waals surface area contributed by atoms with Crippen LogP contribution in [0.1, 0.15) is 12.5 Å². The minimum atomic E-state index is 0.317. The fraction of sp³-hybridized carbons (Fsp3) is 0.316. The Hall–Kier alpha value is -2.60. The molecular weight excluding hydrogens is 354 g/mol. The number of guanidine groups is 1. The SMILES string of the molecule is CCOc1ccc(Cl)cc1CCN=C(N)Nc1ccc(OC)c(OC)c1. The Kier molecular flexibility index (Phi) is 7.41. The smallest absolute Gasteiger partial charge is 0.193 e. The van der Waals surface area contributed by atoms with Crippen molar-refractivity contribution in [1.29, 1.82) is 0 Å². The summed E-state index contributed by atoms with van der Waals surface area (Å²) in [6.45, 7) is 3.05. The third-order valence-corrected chi connectivity index (χ3v) is 3.88. The number of nitrogens with two attached hydrogens (primary N) is 1. The van der Waals surface area contributed by atoms with Crippen molar-refractivity contribution in [2.75, 3.05) is 32.7 Å². The molecule has 0 amide bonds. The first-order chi connectivity index (χ1) is 12.6. The van der Waals surface area contributed by atoms with E-state index >= 15 is 0 Å². The summed E-state index contributed by atoms with van der Waals surface area (Å²) in [7, 11) is 3.17. The van der Waals surface area contributed by atoms with Gasteiger partial charge in [-0.2, -0.15) is 0 Å². The molecule has 3 N–H and O–H groups in total. The Morgan fingerprint density at radius 2 is 1.81 bits per heavy atom. The second kappa shape index (κ2) is 9.77. The van der Waals surface area contributed by atoms with Crippen LogP contribution in [0.3, 0.4) is 0 Å². The van der Waals surface area contributed by atoms with Gasteiger partial charge >= 0.3 is 0 Å². The summed E-state index contributed by atoms with van der Waals surface area (Å²) in [4.78, 5) is 4.36. The maximum atomic E-state index is 6.07. The number of halogens is 1. The molecule has 0 atom stereocenters. The quantitative estimate of drug-likeness (QED) is 0.541. The summed E-state index contributed by atoms with van der Waals surface area (Å²) in [5.41, 5.74) is 7.74. The van der Waals surface area contributed by atoms with Crippen LogP contribution < -0.4 is 25.3 Å². The summed E-state index contributed by atoms with van der Waals surface area (Å²) < 4.78 is 16.1. The van der Waals surface area contributed by atoms with E-state index < -0.39 is 0 Å². The van der Waals surface area contributed by atoms with E-state index in [1.165, 1.54) is 0 Å².